The molecule has 0 atom stereocenters. The fourth-order valence-corrected chi connectivity index (χ4v) is 1.35. The molecule has 1 N–H and O–H groups in total. The summed E-state index contributed by atoms with van der Waals surface area (Å²) in [4.78, 5) is 18.5. The summed E-state index contributed by atoms with van der Waals surface area (Å²) in [7, 11) is 0. The van der Waals surface area contributed by atoms with E-state index < -0.39 is 0 Å². The Morgan fingerprint density at radius 1 is 1.36 bits per heavy atom. The molecule has 0 saturated heterocycles. The molecule has 0 radical (unpaired) electrons. The fourth-order valence-electron chi connectivity index (χ4n) is 1.35. The van der Waals surface area contributed by atoms with Crippen LogP contribution in [0.4, 0.5) is 0 Å². The maximum absolute atomic E-state index is 10.5. The number of phenolic OH excluding ortho intramolecular Hbond substituents is 1. The molecule has 0 unspecified atom stereocenters. The van der Waals surface area contributed by atoms with Crippen LogP contribution in [0.2, 0.25) is 0 Å². The van der Waals surface area contributed by atoms with E-state index in [1.807, 2.05) is 0 Å². The maximum Gasteiger partial charge on any atom is 0.193 e. The summed E-state index contributed by atoms with van der Waals surface area (Å²) in [6.07, 6.45) is 0.594. The van der Waals surface area contributed by atoms with Gasteiger partial charge in [0.15, 0.2) is 12.1 Å². The summed E-state index contributed by atoms with van der Waals surface area (Å²) in [6.45, 7) is 1.80. The highest BCUT2D eigenvalue weighted by Crippen LogP contribution is 2.19. The minimum absolute atomic E-state index is 0.132. The van der Waals surface area contributed by atoms with Crippen LogP contribution in [0.15, 0.2) is 18.2 Å². The summed E-state index contributed by atoms with van der Waals surface area (Å²) >= 11 is 0. The SMILES string of the molecule is Cc1nc(C=O)nc2cc(O)ccc12. The van der Waals surface area contributed by atoms with Crippen molar-refractivity contribution in [1.29, 1.82) is 0 Å². The van der Waals surface area contributed by atoms with E-state index in [1.165, 1.54) is 6.07 Å². The lowest BCUT2D eigenvalue weighted by atomic mass is 10.2. The van der Waals surface area contributed by atoms with Crippen molar-refractivity contribution >= 4 is 17.2 Å². The van der Waals surface area contributed by atoms with E-state index in [1.54, 1.807) is 19.1 Å². The monoisotopic (exact) mass is 188 g/mol. The van der Waals surface area contributed by atoms with Crippen LogP contribution in [-0.2, 0) is 0 Å². The largest absolute Gasteiger partial charge is 0.508 e. The molecule has 0 amide bonds. The van der Waals surface area contributed by atoms with Crippen molar-refractivity contribution in [3.05, 3.63) is 29.7 Å². The first-order valence-electron chi connectivity index (χ1n) is 4.13. The second-order valence-corrected chi connectivity index (χ2v) is 2.99. The van der Waals surface area contributed by atoms with Crippen LogP contribution in [0.3, 0.4) is 0 Å². The zero-order valence-electron chi connectivity index (χ0n) is 7.56. The van der Waals surface area contributed by atoms with Gasteiger partial charge in [-0.2, -0.15) is 0 Å². The van der Waals surface area contributed by atoms with Gasteiger partial charge in [0.2, 0.25) is 0 Å². The molecule has 1 aromatic carbocycles. The van der Waals surface area contributed by atoms with Gasteiger partial charge in [0.05, 0.1) is 5.52 Å². The first-order valence-corrected chi connectivity index (χ1v) is 4.13. The standard InChI is InChI=1S/C10H8N2O2/c1-6-8-3-2-7(14)4-9(8)12-10(5-13)11-6/h2-5,14H,1H3. The number of hydrogen-bond donors (Lipinski definition) is 1. The molecule has 1 heterocycles. The van der Waals surface area contributed by atoms with Gasteiger partial charge in [-0.25, -0.2) is 9.97 Å². The predicted octanol–water partition coefficient (Wildman–Crippen LogP) is 1.46. The lowest BCUT2D eigenvalue weighted by Gasteiger charge is -2.01. The maximum atomic E-state index is 10.5. The van der Waals surface area contributed by atoms with Gasteiger partial charge in [0.1, 0.15) is 5.75 Å². The summed E-state index contributed by atoms with van der Waals surface area (Å²) < 4.78 is 0. The molecule has 0 aliphatic heterocycles. The average Bonchev–Trinajstić information content (AvgIpc) is 2.16. The summed E-state index contributed by atoms with van der Waals surface area (Å²) in [5, 5.41) is 10.1. The Labute approximate surface area is 80.2 Å². The average molecular weight is 188 g/mol. The Balaban J connectivity index is 2.83. The van der Waals surface area contributed by atoms with E-state index >= 15 is 0 Å². The number of rotatable bonds is 1. The summed E-state index contributed by atoms with van der Waals surface area (Å²) in [6, 6.07) is 4.81. The van der Waals surface area contributed by atoms with E-state index in [-0.39, 0.29) is 11.6 Å². The third-order valence-electron chi connectivity index (χ3n) is 1.99. The van der Waals surface area contributed by atoms with Gasteiger partial charge < -0.3 is 5.11 Å². The summed E-state index contributed by atoms with van der Waals surface area (Å²) in [5.74, 6) is 0.271. The smallest absolute Gasteiger partial charge is 0.193 e. The Kier molecular flexibility index (Phi) is 1.89. The van der Waals surface area contributed by atoms with E-state index in [4.69, 9.17) is 0 Å². The first-order chi connectivity index (χ1) is 6.70. The fraction of sp³-hybridized carbons (Fsp3) is 0.100. The van der Waals surface area contributed by atoms with Crippen LogP contribution in [0.5, 0.6) is 5.75 Å². The highest BCUT2D eigenvalue weighted by atomic mass is 16.3. The van der Waals surface area contributed by atoms with Crippen LogP contribution in [-0.4, -0.2) is 21.4 Å². The van der Waals surface area contributed by atoms with Crippen LogP contribution >= 0.6 is 0 Å². The number of aromatic nitrogens is 2. The number of carbonyl (C=O) groups excluding carboxylic acids is 1. The van der Waals surface area contributed by atoms with Gasteiger partial charge in [0.25, 0.3) is 0 Å². The van der Waals surface area contributed by atoms with Crippen molar-refractivity contribution in [3.8, 4) is 5.75 Å². The Morgan fingerprint density at radius 3 is 2.86 bits per heavy atom. The molecule has 1 aromatic heterocycles. The molecule has 14 heavy (non-hydrogen) atoms. The van der Waals surface area contributed by atoms with Crippen LogP contribution < -0.4 is 0 Å². The zero-order valence-corrected chi connectivity index (χ0v) is 7.56. The van der Waals surface area contributed by atoms with Crippen LogP contribution in [0, 0.1) is 6.92 Å². The number of carbonyl (C=O) groups is 1. The van der Waals surface area contributed by atoms with Gasteiger partial charge >= 0.3 is 0 Å². The zero-order chi connectivity index (χ0) is 10.1. The number of benzene rings is 1. The van der Waals surface area contributed by atoms with E-state index in [0.29, 0.717) is 11.8 Å². The van der Waals surface area contributed by atoms with E-state index in [0.717, 1.165) is 11.1 Å². The topological polar surface area (TPSA) is 63.1 Å². The van der Waals surface area contributed by atoms with Crippen molar-refractivity contribution < 1.29 is 9.90 Å². The molecule has 0 fully saturated rings. The number of nitrogens with zero attached hydrogens (tertiary/aromatic N) is 2. The van der Waals surface area contributed by atoms with E-state index in [9.17, 15) is 9.90 Å². The highest BCUT2D eigenvalue weighted by Gasteiger charge is 2.03. The van der Waals surface area contributed by atoms with Gasteiger partial charge in [-0.15, -0.1) is 0 Å². The minimum atomic E-state index is 0.132. The van der Waals surface area contributed by atoms with Gasteiger partial charge in [0, 0.05) is 17.1 Å². The molecule has 0 spiro atoms. The van der Waals surface area contributed by atoms with Gasteiger partial charge in [-0.3, -0.25) is 4.79 Å². The number of hydrogen-bond acceptors (Lipinski definition) is 4. The molecule has 2 rings (SSSR count). The highest BCUT2D eigenvalue weighted by molar-refractivity contribution is 5.84. The normalized spacial score (nSPS) is 10.4. The summed E-state index contributed by atoms with van der Waals surface area (Å²) in [5.41, 5.74) is 1.32. The Morgan fingerprint density at radius 2 is 2.14 bits per heavy atom. The van der Waals surface area contributed by atoms with Crippen molar-refractivity contribution in [1.82, 2.24) is 9.97 Å². The second-order valence-electron chi connectivity index (χ2n) is 2.99. The van der Waals surface area contributed by atoms with Gasteiger partial charge in [-0.1, -0.05) is 0 Å². The Bertz CT molecular complexity index is 509. The van der Waals surface area contributed by atoms with Crippen molar-refractivity contribution in [2.75, 3.05) is 0 Å². The molecular weight excluding hydrogens is 180 g/mol. The minimum Gasteiger partial charge on any atom is -0.508 e. The number of aromatic hydroxyl groups is 1. The number of phenols is 1. The van der Waals surface area contributed by atoms with Crippen LogP contribution in [0.25, 0.3) is 10.9 Å². The van der Waals surface area contributed by atoms with Gasteiger partial charge in [-0.05, 0) is 19.1 Å². The second kappa shape index (κ2) is 3.06. The molecule has 70 valence electrons. The lowest BCUT2D eigenvalue weighted by molar-refractivity contribution is 0.111. The van der Waals surface area contributed by atoms with Crippen molar-refractivity contribution in [2.45, 2.75) is 6.92 Å². The first kappa shape index (κ1) is 8.62. The molecule has 0 saturated carbocycles. The Hall–Kier alpha value is -1.97. The molecule has 0 aliphatic rings. The molecule has 2 aromatic rings. The lowest BCUT2D eigenvalue weighted by Crippen LogP contribution is -1.96. The third kappa shape index (κ3) is 1.31. The number of fused-ring (bicyclic) bond motifs is 1. The number of aryl methyl sites for hydroxylation is 1. The third-order valence-corrected chi connectivity index (χ3v) is 1.99. The predicted molar refractivity (Wildman–Crippen MR) is 51.3 cm³/mol. The molecule has 0 bridgehead atoms. The van der Waals surface area contributed by atoms with Crippen molar-refractivity contribution in [3.63, 3.8) is 0 Å². The molecule has 0 aliphatic carbocycles. The molecule has 4 heteroatoms. The quantitative estimate of drug-likeness (QED) is 0.688. The van der Waals surface area contributed by atoms with E-state index in [2.05, 4.69) is 9.97 Å². The molecule has 4 nitrogen and oxygen atoms in total. The van der Waals surface area contributed by atoms with Crippen molar-refractivity contribution in [2.24, 2.45) is 0 Å². The number of aldehydes is 1. The van der Waals surface area contributed by atoms with Crippen LogP contribution in [0.1, 0.15) is 16.3 Å². The molecular formula is C10H8N2O2.